The predicted octanol–water partition coefficient (Wildman–Crippen LogP) is 1.62. The molecule has 0 N–H and O–H groups in total. The minimum Gasteiger partial charge on any atom is -0.493 e. The van der Waals surface area contributed by atoms with Crippen LogP contribution in [-0.4, -0.2) is 32.1 Å². The van der Waals surface area contributed by atoms with Gasteiger partial charge in [-0.1, -0.05) is 6.07 Å². The van der Waals surface area contributed by atoms with Gasteiger partial charge in [0.05, 0.1) is 6.61 Å². The second-order valence-electron chi connectivity index (χ2n) is 3.16. The van der Waals surface area contributed by atoms with Crippen molar-refractivity contribution in [2.75, 3.05) is 27.2 Å². The van der Waals surface area contributed by atoms with Gasteiger partial charge in [-0.3, -0.25) is 0 Å². The Morgan fingerprint density at radius 3 is 2.92 bits per heavy atom. The average molecular weight is 177 g/mol. The fourth-order valence-electron chi connectivity index (χ4n) is 0.986. The zero-order chi connectivity index (χ0) is 9.52. The molecule has 2 radical (unpaired) electrons. The molecule has 2 heteroatoms. The number of hydrogen-bond acceptors (Lipinski definition) is 2. The van der Waals surface area contributed by atoms with Gasteiger partial charge in [-0.25, -0.2) is 0 Å². The molecule has 0 aliphatic carbocycles. The van der Waals surface area contributed by atoms with E-state index in [4.69, 9.17) is 4.74 Å². The van der Waals surface area contributed by atoms with Gasteiger partial charge in [-0.05, 0) is 38.7 Å². The molecule has 0 aliphatic heterocycles. The molecule has 0 atom stereocenters. The quantitative estimate of drug-likeness (QED) is 0.634. The second-order valence-corrected chi connectivity index (χ2v) is 3.16. The zero-order valence-electron chi connectivity index (χ0n) is 8.21. The molecule has 2 nitrogen and oxygen atoms in total. The first-order valence-corrected chi connectivity index (χ1v) is 4.44. The molecule has 13 heavy (non-hydrogen) atoms. The van der Waals surface area contributed by atoms with Crippen LogP contribution in [0.1, 0.15) is 6.42 Å². The summed E-state index contributed by atoms with van der Waals surface area (Å²) in [5.41, 5.74) is 0. The van der Waals surface area contributed by atoms with Crippen LogP contribution in [0.3, 0.4) is 0 Å². The molecule has 1 aromatic carbocycles. The first-order chi connectivity index (χ1) is 6.29. The van der Waals surface area contributed by atoms with Gasteiger partial charge in [0.1, 0.15) is 5.75 Å². The summed E-state index contributed by atoms with van der Waals surface area (Å²) in [6, 6.07) is 11.3. The SMILES string of the molecule is CN(C)CCCOc1[c]c[c]cc1. The van der Waals surface area contributed by atoms with Crippen molar-refractivity contribution in [1.29, 1.82) is 0 Å². The Bertz CT molecular complexity index is 221. The van der Waals surface area contributed by atoms with Crippen molar-refractivity contribution >= 4 is 0 Å². The van der Waals surface area contributed by atoms with Crippen molar-refractivity contribution in [1.82, 2.24) is 4.90 Å². The van der Waals surface area contributed by atoms with E-state index in [2.05, 4.69) is 31.1 Å². The molecular weight excluding hydrogens is 162 g/mol. The van der Waals surface area contributed by atoms with Crippen LogP contribution in [0.15, 0.2) is 18.2 Å². The van der Waals surface area contributed by atoms with E-state index in [1.165, 1.54) is 0 Å². The highest BCUT2D eigenvalue weighted by Crippen LogP contribution is 2.06. The van der Waals surface area contributed by atoms with Crippen molar-refractivity contribution in [3.05, 3.63) is 30.3 Å². The summed E-state index contributed by atoms with van der Waals surface area (Å²) in [4.78, 5) is 2.14. The molecule has 70 valence electrons. The number of ether oxygens (including phenoxy) is 1. The van der Waals surface area contributed by atoms with Crippen molar-refractivity contribution in [2.45, 2.75) is 6.42 Å². The third-order valence-corrected chi connectivity index (χ3v) is 1.64. The van der Waals surface area contributed by atoms with Crippen LogP contribution in [-0.2, 0) is 0 Å². The van der Waals surface area contributed by atoms with Gasteiger partial charge in [0.25, 0.3) is 0 Å². The molecule has 0 bridgehead atoms. The fraction of sp³-hybridized carbons (Fsp3) is 0.455. The Morgan fingerprint density at radius 2 is 2.31 bits per heavy atom. The summed E-state index contributed by atoms with van der Waals surface area (Å²) in [6.45, 7) is 1.80. The largest absolute Gasteiger partial charge is 0.493 e. The second kappa shape index (κ2) is 5.60. The van der Waals surface area contributed by atoms with Gasteiger partial charge in [-0.15, -0.1) is 0 Å². The first-order valence-electron chi connectivity index (χ1n) is 4.44. The summed E-state index contributed by atoms with van der Waals surface area (Å²) in [6.07, 6.45) is 1.04. The van der Waals surface area contributed by atoms with E-state index in [0.717, 1.165) is 25.3 Å². The molecule has 1 rings (SSSR count). The van der Waals surface area contributed by atoms with Crippen molar-refractivity contribution in [3.8, 4) is 5.75 Å². The lowest BCUT2D eigenvalue weighted by atomic mass is 10.3. The topological polar surface area (TPSA) is 12.5 Å². The Labute approximate surface area is 80.1 Å². The van der Waals surface area contributed by atoms with Gasteiger partial charge < -0.3 is 9.64 Å². The van der Waals surface area contributed by atoms with Crippen LogP contribution in [0, 0.1) is 12.1 Å². The maximum Gasteiger partial charge on any atom is 0.127 e. The molecule has 0 fully saturated rings. The highest BCUT2D eigenvalue weighted by atomic mass is 16.5. The van der Waals surface area contributed by atoms with Crippen LogP contribution < -0.4 is 4.74 Å². The van der Waals surface area contributed by atoms with Crippen LogP contribution in [0.2, 0.25) is 0 Å². The molecule has 0 saturated heterocycles. The summed E-state index contributed by atoms with van der Waals surface area (Å²) in [5, 5.41) is 0. The van der Waals surface area contributed by atoms with Crippen molar-refractivity contribution in [2.24, 2.45) is 0 Å². The maximum absolute atomic E-state index is 5.45. The minimum absolute atomic E-state index is 0.749. The summed E-state index contributed by atoms with van der Waals surface area (Å²) >= 11 is 0. The minimum atomic E-state index is 0.749. The molecule has 0 aromatic heterocycles. The van der Waals surface area contributed by atoms with Crippen LogP contribution in [0.5, 0.6) is 5.75 Å². The van der Waals surface area contributed by atoms with Crippen LogP contribution in [0.4, 0.5) is 0 Å². The number of hydrogen-bond donors (Lipinski definition) is 0. The summed E-state index contributed by atoms with van der Waals surface area (Å²) < 4.78 is 5.45. The molecule has 1 aromatic rings. The highest BCUT2D eigenvalue weighted by molar-refractivity contribution is 5.18. The number of benzene rings is 1. The monoisotopic (exact) mass is 177 g/mol. The molecule has 0 amide bonds. The third-order valence-electron chi connectivity index (χ3n) is 1.64. The van der Waals surface area contributed by atoms with Gasteiger partial charge >= 0.3 is 0 Å². The zero-order valence-corrected chi connectivity index (χ0v) is 8.21. The van der Waals surface area contributed by atoms with Crippen LogP contribution >= 0.6 is 0 Å². The molecular formula is C11H15NO. The van der Waals surface area contributed by atoms with E-state index in [1.807, 2.05) is 12.1 Å². The van der Waals surface area contributed by atoms with Crippen LogP contribution in [0.25, 0.3) is 0 Å². The van der Waals surface area contributed by atoms with Gasteiger partial charge in [-0.2, -0.15) is 0 Å². The summed E-state index contributed by atoms with van der Waals surface area (Å²) in [5.74, 6) is 0.803. The van der Waals surface area contributed by atoms with E-state index in [-0.39, 0.29) is 0 Å². The Balaban J connectivity index is 2.13. The van der Waals surface area contributed by atoms with E-state index in [9.17, 15) is 0 Å². The normalized spacial score (nSPS) is 10.4. The van der Waals surface area contributed by atoms with E-state index < -0.39 is 0 Å². The Hall–Kier alpha value is -1.02. The molecule has 0 heterocycles. The van der Waals surface area contributed by atoms with Crippen molar-refractivity contribution < 1.29 is 4.74 Å². The van der Waals surface area contributed by atoms with Gasteiger partial charge in [0.2, 0.25) is 0 Å². The fourth-order valence-corrected chi connectivity index (χ4v) is 0.986. The Kier molecular flexibility index (Phi) is 4.33. The van der Waals surface area contributed by atoms with Gasteiger partial charge in [0.15, 0.2) is 0 Å². The van der Waals surface area contributed by atoms with E-state index in [1.54, 1.807) is 6.07 Å². The van der Waals surface area contributed by atoms with Crippen molar-refractivity contribution in [3.63, 3.8) is 0 Å². The van der Waals surface area contributed by atoms with E-state index >= 15 is 0 Å². The predicted molar refractivity (Wildman–Crippen MR) is 52.8 cm³/mol. The highest BCUT2D eigenvalue weighted by Gasteiger charge is 1.93. The standard InChI is InChI=1S/C11H15NO/c1-12(2)9-6-10-13-11-7-4-3-5-8-11/h4-5,7H,6,9-10H2,1-2H3. The third kappa shape index (κ3) is 4.53. The Morgan fingerprint density at radius 1 is 1.46 bits per heavy atom. The lowest BCUT2D eigenvalue weighted by Gasteiger charge is -2.09. The maximum atomic E-state index is 5.45. The molecule has 0 unspecified atom stereocenters. The molecule has 0 aliphatic rings. The van der Waals surface area contributed by atoms with Gasteiger partial charge in [0, 0.05) is 12.6 Å². The average Bonchev–Trinajstić information content (AvgIpc) is 2.14. The smallest absolute Gasteiger partial charge is 0.127 e. The lowest BCUT2D eigenvalue weighted by Crippen LogP contribution is -2.15. The lowest BCUT2D eigenvalue weighted by molar-refractivity contribution is 0.281. The summed E-state index contributed by atoms with van der Waals surface area (Å²) in [7, 11) is 4.12. The molecule has 0 saturated carbocycles. The first kappa shape index (κ1) is 10.1. The number of rotatable bonds is 5. The molecule has 0 spiro atoms. The number of nitrogens with zero attached hydrogens (tertiary/aromatic N) is 1. The van der Waals surface area contributed by atoms with E-state index in [0.29, 0.717) is 0 Å².